The molecule has 1 aromatic carbocycles. The summed E-state index contributed by atoms with van der Waals surface area (Å²) in [7, 11) is 0. The van der Waals surface area contributed by atoms with Crippen LogP contribution in [-0.4, -0.2) is 22.8 Å². The lowest BCUT2D eigenvalue weighted by Gasteiger charge is -2.58. The molecule has 0 aliphatic heterocycles. The van der Waals surface area contributed by atoms with E-state index in [1.165, 1.54) is 24.8 Å². The van der Waals surface area contributed by atoms with Crippen molar-refractivity contribution in [3.63, 3.8) is 0 Å². The van der Waals surface area contributed by atoms with Crippen molar-refractivity contribution >= 4 is 27.8 Å². The molecule has 0 spiro atoms. The Morgan fingerprint density at radius 1 is 1.15 bits per heavy atom. The van der Waals surface area contributed by atoms with E-state index < -0.39 is 0 Å². The van der Waals surface area contributed by atoms with E-state index >= 15 is 0 Å². The van der Waals surface area contributed by atoms with Gasteiger partial charge in [0.2, 0.25) is 0 Å². The first-order valence-electron chi connectivity index (χ1n) is 9.54. The molecule has 0 aromatic heterocycles. The Morgan fingerprint density at radius 2 is 1.81 bits per heavy atom. The zero-order valence-electron chi connectivity index (χ0n) is 15.2. The standard InChI is InChI=1S/C21H26BrNO3/c1-14-2-4-15(5-3-14)11-23-18(24)12-26-19(25)20-7-16-6-17(8-20)10-21(22,9-16)13-20/h2-5,16-17H,6-13H2,1H3,(H,23,24)/t16-,17+,20?,21?. The van der Waals surface area contributed by atoms with Gasteiger partial charge in [0, 0.05) is 10.9 Å². The molecule has 26 heavy (non-hydrogen) atoms. The molecule has 4 aliphatic carbocycles. The molecule has 4 bridgehead atoms. The van der Waals surface area contributed by atoms with Crippen LogP contribution in [0, 0.1) is 24.2 Å². The molecule has 5 heteroatoms. The van der Waals surface area contributed by atoms with Crippen LogP contribution in [0.1, 0.15) is 49.7 Å². The SMILES string of the molecule is Cc1ccc(CNC(=O)COC(=O)C23C[C@@H]4C[C@@H](CC(Br)(C4)C2)C3)cc1. The summed E-state index contributed by atoms with van der Waals surface area (Å²) >= 11 is 3.91. The Bertz CT molecular complexity index is 700. The van der Waals surface area contributed by atoms with E-state index in [0.29, 0.717) is 18.4 Å². The van der Waals surface area contributed by atoms with Gasteiger partial charge in [0.15, 0.2) is 6.61 Å². The molecule has 1 aromatic rings. The second kappa shape index (κ2) is 6.66. The molecule has 0 heterocycles. The normalized spacial score (nSPS) is 34.5. The lowest BCUT2D eigenvalue weighted by atomic mass is 9.49. The minimum absolute atomic E-state index is 0.115. The minimum atomic E-state index is -0.370. The zero-order chi connectivity index (χ0) is 18.4. The number of alkyl halides is 1. The molecule has 0 radical (unpaired) electrons. The van der Waals surface area contributed by atoms with Crippen LogP contribution in [0.15, 0.2) is 24.3 Å². The highest BCUT2D eigenvalue weighted by Crippen LogP contribution is 2.64. The van der Waals surface area contributed by atoms with Gasteiger partial charge in [-0.15, -0.1) is 0 Å². The molecule has 4 saturated carbocycles. The van der Waals surface area contributed by atoms with Crippen LogP contribution in [0.3, 0.4) is 0 Å². The predicted molar refractivity (Wildman–Crippen MR) is 103 cm³/mol. The third-order valence-corrected chi connectivity index (χ3v) is 7.30. The topological polar surface area (TPSA) is 55.4 Å². The average molecular weight is 420 g/mol. The number of hydrogen-bond donors (Lipinski definition) is 1. The van der Waals surface area contributed by atoms with Crippen molar-refractivity contribution in [3.05, 3.63) is 35.4 Å². The zero-order valence-corrected chi connectivity index (χ0v) is 16.8. The number of rotatable bonds is 5. The quantitative estimate of drug-likeness (QED) is 0.581. The van der Waals surface area contributed by atoms with Gasteiger partial charge in [0.25, 0.3) is 5.91 Å². The number of halogens is 1. The van der Waals surface area contributed by atoms with Gasteiger partial charge in [-0.05, 0) is 62.8 Å². The smallest absolute Gasteiger partial charge is 0.312 e. The Morgan fingerprint density at radius 3 is 2.42 bits per heavy atom. The monoisotopic (exact) mass is 419 g/mol. The van der Waals surface area contributed by atoms with Crippen molar-refractivity contribution in [2.24, 2.45) is 17.3 Å². The van der Waals surface area contributed by atoms with Crippen molar-refractivity contribution in [1.29, 1.82) is 0 Å². The van der Waals surface area contributed by atoms with Gasteiger partial charge in [0.1, 0.15) is 0 Å². The van der Waals surface area contributed by atoms with Crippen LogP contribution in [0.2, 0.25) is 0 Å². The second-order valence-corrected chi connectivity index (χ2v) is 10.4. The molecule has 140 valence electrons. The van der Waals surface area contributed by atoms with Crippen molar-refractivity contribution in [2.75, 3.05) is 6.61 Å². The fraction of sp³-hybridized carbons (Fsp3) is 0.619. The average Bonchev–Trinajstić information content (AvgIpc) is 2.57. The number of nitrogens with one attached hydrogen (secondary N) is 1. The molecule has 5 rings (SSSR count). The molecule has 4 fully saturated rings. The minimum Gasteiger partial charge on any atom is -0.455 e. The first kappa shape index (κ1) is 18.0. The maximum Gasteiger partial charge on any atom is 0.312 e. The Labute approximate surface area is 163 Å². The molecule has 2 unspecified atom stereocenters. The van der Waals surface area contributed by atoms with Crippen molar-refractivity contribution in [2.45, 2.75) is 56.3 Å². The summed E-state index contributed by atoms with van der Waals surface area (Å²) in [5.74, 6) is 0.843. The lowest BCUT2D eigenvalue weighted by molar-refractivity contribution is -0.171. The maximum absolute atomic E-state index is 12.8. The van der Waals surface area contributed by atoms with Crippen LogP contribution in [0.4, 0.5) is 0 Å². The van der Waals surface area contributed by atoms with Crippen LogP contribution in [0.5, 0.6) is 0 Å². The predicted octanol–water partition coefficient (Wildman–Crippen LogP) is 3.89. The molecule has 1 N–H and O–H groups in total. The number of carbonyl (C=O) groups is 2. The van der Waals surface area contributed by atoms with E-state index in [0.717, 1.165) is 24.8 Å². The number of amides is 1. The first-order chi connectivity index (χ1) is 12.4. The van der Waals surface area contributed by atoms with Gasteiger partial charge in [-0.1, -0.05) is 45.8 Å². The highest BCUT2D eigenvalue weighted by Gasteiger charge is 2.60. The van der Waals surface area contributed by atoms with Crippen LogP contribution in [-0.2, 0) is 20.9 Å². The summed E-state index contributed by atoms with van der Waals surface area (Å²) in [4.78, 5) is 24.9. The van der Waals surface area contributed by atoms with Gasteiger partial charge in [-0.3, -0.25) is 9.59 Å². The fourth-order valence-electron chi connectivity index (χ4n) is 5.63. The Kier molecular flexibility index (Phi) is 4.62. The van der Waals surface area contributed by atoms with E-state index in [1.54, 1.807) is 0 Å². The highest BCUT2D eigenvalue weighted by atomic mass is 79.9. The molecule has 4 atom stereocenters. The number of benzene rings is 1. The summed E-state index contributed by atoms with van der Waals surface area (Å²) in [5, 5.41) is 2.83. The third kappa shape index (κ3) is 3.55. The molecule has 4 nitrogen and oxygen atoms in total. The van der Waals surface area contributed by atoms with Gasteiger partial charge < -0.3 is 10.1 Å². The van der Waals surface area contributed by atoms with Gasteiger partial charge >= 0.3 is 5.97 Å². The number of esters is 1. The van der Waals surface area contributed by atoms with Crippen molar-refractivity contribution < 1.29 is 14.3 Å². The van der Waals surface area contributed by atoms with Crippen molar-refractivity contribution in [1.82, 2.24) is 5.32 Å². The summed E-state index contributed by atoms with van der Waals surface area (Å²) < 4.78 is 5.58. The summed E-state index contributed by atoms with van der Waals surface area (Å²) in [6, 6.07) is 8.02. The van der Waals surface area contributed by atoms with E-state index in [4.69, 9.17) is 4.74 Å². The molecule has 0 saturated heterocycles. The first-order valence-corrected chi connectivity index (χ1v) is 10.3. The van der Waals surface area contributed by atoms with Gasteiger partial charge in [0.05, 0.1) is 5.41 Å². The van der Waals surface area contributed by atoms with Crippen molar-refractivity contribution in [3.8, 4) is 0 Å². The largest absolute Gasteiger partial charge is 0.455 e. The molecular weight excluding hydrogens is 394 g/mol. The number of carbonyl (C=O) groups excluding carboxylic acids is 2. The number of ether oxygens (including phenoxy) is 1. The Balaban J connectivity index is 1.30. The highest BCUT2D eigenvalue weighted by molar-refractivity contribution is 9.10. The summed E-state index contributed by atoms with van der Waals surface area (Å²) in [6.07, 6.45) is 6.32. The van der Waals surface area contributed by atoms with Crippen LogP contribution in [0.25, 0.3) is 0 Å². The summed E-state index contributed by atoms with van der Waals surface area (Å²) in [5.41, 5.74) is 1.86. The van der Waals surface area contributed by atoms with E-state index in [-0.39, 0.29) is 28.2 Å². The van der Waals surface area contributed by atoms with Gasteiger partial charge in [-0.2, -0.15) is 0 Å². The van der Waals surface area contributed by atoms with Crippen LogP contribution < -0.4 is 5.32 Å². The van der Waals surface area contributed by atoms with Gasteiger partial charge in [-0.25, -0.2) is 0 Å². The third-order valence-electron chi connectivity index (χ3n) is 6.37. The fourth-order valence-corrected chi connectivity index (χ4v) is 7.08. The van der Waals surface area contributed by atoms with E-state index in [1.807, 2.05) is 31.2 Å². The molecule has 4 aliphatic rings. The molecule has 1 amide bonds. The lowest BCUT2D eigenvalue weighted by Crippen LogP contribution is -2.56. The Hall–Kier alpha value is -1.36. The van der Waals surface area contributed by atoms with E-state index in [9.17, 15) is 9.59 Å². The second-order valence-electron chi connectivity index (χ2n) is 8.73. The summed E-state index contributed by atoms with van der Waals surface area (Å²) in [6.45, 7) is 2.30. The number of aryl methyl sites for hydroxylation is 1. The maximum atomic E-state index is 12.8. The molecular formula is C21H26BrNO3. The van der Waals surface area contributed by atoms with Crippen LogP contribution >= 0.6 is 15.9 Å². The number of hydrogen-bond acceptors (Lipinski definition) is 3. The van der Waals surface area contributed by atoms with E-state index in [2.05, 4.69) is 21.2 Å².